The van der Waals surface area contributed by atoms with Crippen molar-refractivity contribution in [3.8, 4) is 0 Å². The Bertz CT molecular complexity index is 223. The molecule has 0 saturated heterocycles. The van der Waals surface area contributed by atoms with E-state index in [0.29, 0.717) is 5.92 Å². The molecule has 0 bridgehead atoms. The van der Waals surface area contributed by atoms with Gasteiger partial charge >= 0.3 is 0 Å². The maximum atomic E-state index is 5.69. The fourth-order valence-corrected chi connectivity index (χ4v) is 3.04. The van der Waals surface area contributed by atoms with Crippen molar-refractivity contribution in [3.05, 3.63) is 0 Å². The van der Waals surface area contributed by atoms with Crippen LogP contribution in [0.5, 0.6) is 0 Å². The van der Waals surface area contributed by atoms with Gasteiger partial charge in [0.25, 0.3) is 0 Å². The van der Waals surface area contributed by atoms with E-state index in [0.717, 1.165) is 32.5 Å². The Morgan fingerprint density at radius 2 is 1.22 bits per heavy atom. The van der Waals surface area contributed by atoms with Crippen LogP contribution in [0.15, 0.2) is 0 Å². The van der Waals surface area contributed by atoms with Gasteiger partial charge < -0.3 is 14.2 Å². The van der Waals surface area contributed by atoms with E-state index in [1.165, 1.54) is 51.4 Å². The Hall–Kier alpha value is -0.120. The summed E-state index contributed by atoms with van der Waals surface area (Å²) in [5, 5.41) is 0. The lowest BCUT2D eigenvalue weighted by Crippen LogP contribution is -2.39. The van der Waals surface area contributed by atoms with Crippen molar-refractivity contribution < 1.29 is 14.2 Å². The maximum Gasteiger partial charge on any atom is 0.167 e. The first-order valence-electron chi connectivity index (χ1n) is 9.82. The van der Waals surface area contributed by atoms with Gasteiger partial charge in [0, 0.05) is 33.4 Å². The highest BCUT2D eigenvalue weighted by atomic mass is 16.7. The monoisotopic (exact) mass is 330 g/mol. The minimum atomic E-state index is -0.465. The molecule has 0 N–H and O–H groups in total. The molecule has 0 saturated carbocycles. The predicted octanol–water partition coefficient (Wildman–Crippen LogP) is 5.96. The zero-order valence-corrected chi connectivity index (χ0v) is 16.5. The zero-order chi connectivity index (χ0) is 17.4. The SMILES string of the molecule is CCCCCCCCC(CCCOCCCC)C(C)(OC)OC. The molecule has 0 aliphatic heterocycles. The van der Waals surface area contributed by atoms with Gasteiger partial charge in [-0.1, -0.05) is 58.8 Å². The van der Waals surface area contributed by atoms with Crippen molar-refractivity contribution in [1.82, 2.24) is 0 Å². The molecule has 3 heteroatoms. The third kappa shape index (κ3) is 11.1. The van der Waals surface area contributed by atoms with Gasteiger partial charge in [0.05, 0.1) is 0 Å². The predicted molar refractivity (Wildman–Crippen MR) is 98.9 cm³/mol. The molecule has 0 aliphatic rings. The first kappa shape index (κ1) is 22.9. The molecule has 23 heavy (non-hydrogen) atoms. The summed E-state index contributed by atoms with van der Waals surface area (Å²) >= 11 is 0. The third-order valence-electron chi connectivity index (χ3n) is 4.94. The van der Waals surface area contributed by atoms with Gasteiger partial charge in [0.1, 0.15) is 0 Å². The van der Waals surface area contributed by atoms with E-state index in [9.17, 15) is 0 Å². The zero-order valence-electron chi connectivity index (χ0n) is 16.5. The normalized spacial score (nSPS) is 13.4. The van der Waals surface area contributed by atoms with Crippen LogP contribution < -0.4 is 0 Å². The molecule has 0 aromatic rings. The standard InChI is InChI=1S/C20H42O3/c1-6-8-10-11-12-13-15-19(20(3,21-4)22-5)16-14-18-23-17-9-7-2/h19H,6-18H2,1-5H3. The fraction of sp³-hybridized carbons (Fsp3) is 1.00. The second kappa shape index (κ2) is 15.4. The molecule has 0 heterocycles. The number of rotatable bonds is 17. The number of methoxy groups -OCH3 is 2. The van der Waals surface area contributed by atoms with Crippen molar-refractivity contribution in [3.63, 3.8) is 0 Å². The molecule has 0 spiro atoms. The summed E-state index contributed by atoms with van der Waals surface area (Å²) in [6.07, 6.45) is 13.8. The molecule has 0 aliphatic carbocycles. The van der Waals surface area contributed by atoms with Crippen molar-refractivity contribution in [1.29, 1.82) is 0 Å². The summed E-state index contributed by atoms with van der Waals surface area (Å²) in [6.45, 7) is 8.29. The summed E-state index contributed by atoms with van der Waals surface area (Å²) in [4.78, 5) is 0. The lowest BCUT2D eigenvalue weighted by atomic mass is 9.88. The Morgan fingerprint density at radius 3 is 1.83 bits per heavy atom. The minimum absolute atomic E-state index is 0.443. The second-order valence-electron chi connectivity index (χ2n) is 6.79. The summed E-state index contributed by atoms with van der Waals surface area (Å²) < 4.78 is 17.0. The van der Waals surface area contributed by atoms with E-state index >= 15 is 0 Å². The number of hydrogen-bond acceptors (Lipinski definition) is 3. The van der Waals surface area contributed by atoms with E-state index in [-0.39, 0.29) is 0 Å². The second-order valence-corrected chi connectivity index (χ2v) is 6.79. The van der Waals surface area contributed by atoms with Gasteiger partial charge in [0.2, 0.25) is 0 Å². The van der Waals surface area contributed by atoms with Gasteiger partial charge in [-0.3, -0.25) is 0 Å². The van der Waals surface area contributed by atoms with E-state index in [4.69, 9.17) is 14.2 Å². The molecule has 0 aromatic carbocycles. The van der Waals surface area contributed by atoms with Gasteiger partial charge in [-0.2, -0.15) is 0 Å². The molecular formula is C20H42O3. The lowest BCUT2D eigenvalue weighted by Gasteiger charge is -2.35. The molecule has 3 nitrogen and oxygen atoms in total. The highest BCUT2D eigenvalue weighted by Gasteiger charge is 2.33. The van der Waals surface area contributed by atoms with E-state index in [1.807, 2.05) is 0 Å². The third-order valence-corrected chi connectivity index (χ3v) is 4.94. The quantitative estimate of drug-likeness (QED) is 0.243. The Labute approximate surface area is 145 Å². The van der Waals surface area contributed by atoms with Gasteiger partial charge in [-0.15, -0.1) is 0 Å². The molecule has 0 amide bonds. The summed E-state index contributed by atoms with van der Waals surface area (Å²) in [5.41, 5.74) is 0. The topological polar surface area (TPSA) is 27.7 Å². The lowest BCUT2D eigenvalue weighted by molar-refractivity contribution is -0.230. The van der Waals surface area contributed by atoms with Gasteiger partial charge in [0.15, 0.2) is 5.79 Å². The largest absolute Gasteiger partial charge is 0.381 e. The van der Waals surface area contributed by atoms with Crippen LogP contribution in [0.4, 0.5) is 0 Å². The molecule has 1 unspecified atom stereocenters. The van der Waals surface area contributed by atoms with Crippen LogP contribution in [0.3, 0.4) is 0 Å². The number of hydrogen-bond donors (Lipinski definition) is 0. The molecule has 0 aromatic heterocycles. The molecule has 0 radical (unpaired) electrons. The Kier molecular flexibility index (Phi) is 15.3. The highest BCUT2D eigenvalue weighted by Crippen LogP contribution is 2.31. The van der Waals surface area contributed by atoms with Crippen molar-refractivity contribution in [2.24, 2.45) is 5.92 Å². The average molecular weight is 331 g/mol. The van der Waals surface area contributed by atoms with E-state index in [1.54, 1.807) is 14.2 Å². The number of unbranched alkanes of at least 4 members (excludes halogenated alkanes) is 6. The van der Waals surface area contributed by atoms with Crippen LogP contribution in [-0.2, 0) is 14.2 Å². The molecule has 0 rings (SSSR count). The Morgan fingerprint density at radius 1 is 0.696 bits per heavy atom. The maximum absolute atomic E-state index is 5.69. The van der Waals surface area contributed by atoms with E-state index in [2.05, 4.69) is 20.8 Å². The molecule has 1 atom stereocenters. The van der Waals surface area contributed by atoms with Crippen LogP contribution in [0.2, 0.25) is 0 Å². The van der Waals surface area contributed by atoms with Crippen LogP contribution in [0.25, 0.3) is 0 Å². The Balaban J connectivity index is 4.09. The van der Waals surface area contributed by atoms with Crippen LogP contribution in [-0.4, -0.2) is 33.2 Å². The first-order valence-corrected chi connectivity index (χ1v) is 9.82. The summed E-state index contributed by atoms with van der Waals surface area (Å²) in [6, 6.07) is 0. The van der Waals surface area contributed by atoms with Gasteiger partial charge in [-0.25, -0.2) is 0 Å². The van der Waals surface area contributed by atoms with Crippen molar-refractivity contribution in [2.75, 3.05) is 27.4 Å². The van der Waals surface area contributed by atoms with E-state index < -0.39 is 5.79 Å². The fourth-order valence-electron chi connectivity index (χ4n) is 3.04. The highest BCUT2D eigenvalue weighted by molar-refractivity contribution is 4.75. The smallest absolute Gasteiger partial charge is 0.167 e. The van der Waals surface area contributed by atoms with Crippen molar-refractivity contribution >= 4 is 0 Å². The molecule has 0 fully saturated rings. The average Bonchev–Trinajstić information content (AvgIpc) is 2.58. The first-order chi connectivity index (χ1) is 11.1. The van der Waals surface area contributed by atoms with Crippen molar-refractivity contribution in [2.45, 2.75) is 97.2 Å². The molecular weight excluding hydrogens is 288 g/mol. The van der Waals surface area contributed by atoms with Gasteiger partial charge in [-0.05, 0) is 32.6 Å². The summed E-state index contributed by atoms with van der Waals surface area (Å²) in [5.74, 6) is -0.0224. The van der Waals surface area contributed by atoms with Crippen LogP contribution >= 0.6 is 0 Å². The number of ether oxygens (including phenoxy) is 3. The van der Waals surface area contributed by atoms with Crippen LogP contribution in [0.1, 0.15) is 91.4 Å². The minimum Gasteiger partial charge on any atom is -0.381 e. The van der Waals surface area contributed by atoms with Crippen LogP contribution in [0, 0.1) is 5.92 Å². The molecule has 140 valence electrons. The summed E-state index contributed by atoms with van der Waals surface area (Å²) in [7, 11) is 3.52.